The Hall–Kier alpha value is -2.54. The van der Waals surface area contributed by atoms with Gasteiger partial charge in [0.15, 0.2) is 12.2 Å². The van der Waals surface area contributed by atoms with Gasteiger partial charge in [0.25, 0.3) is 0 Å². The fourth-order valence-electron chi connectivity index (χ4n) is 4.91. The lowest BCUT2D eigenvalue weighted by Gasteiger charge is -2.41. The van der Waals surface area contributed by atoms with Crippen molar-refractivity contribution in [3.05, 3.63) is 53.0 Å². The van der Waals surface area contributed by atoms with Crippen LogP contribution in [-0.2, 0) is 17.8 Å². The molecule has 2 fully saturated rings. The van der Waals surface area contributed by atoms with Gasteiger partial charge in [-0.15, -0.1) is 0 Å². The molecule has 1 atom stereocenters. The van der Waals surface area contributed by atoms with Gasteiger partial charge in [-0.3, -0.25) is 14.5 Å². The highest BCUT2D eigenvalue weighted by atomic mass is 19.1. The van der Waals surface area contributed by atoms with Crippen LogP contribution in [0.15, 0.2) is 29.2 Å². The van der Waals surface area contributed by atoms with Crippen molar-refractivity contribution < 1.29 is 18.4 Å². The standard InChI is InChI=1S/C24H30FN3O3/c1-16-12-27(7-8-28(16)24(30)18-5-3-4-6-18)13-20-10-21(25)9-19(17(20)2)11-23(29)22-14-31-15-26-22/h9-10,14-16,18H,3-8,11-13H2,1-2H3/t16-/m0/s1. The number of carbonyl (C=O) groups excluding carboxylic acids is 2. The van der Waals surface area contributed by atoms with Crippen LogP contribution in [0.4, 0.5) is 4.39 Å². The lowest BCUT2D eigenvalue weighted by molar-refractivity contribution is -0.140. The number of rotatable bonds is 6. The summed E-state index contributed by atoms with van der Waals surface area (Å²) in [6.45, 7) is 6.88. The number of ketones is 1. The van der Waals surface area contributed by atoms with Gasteiger partial charge in [0.2, 0.25) is 5.91 Å². The molecule has 2 heterocycles. The van der Waals surface area contributed by atoms with Crippen molar-refractivity contribution in [2.24, 2.45) is 5.92 Å². The first kappa shape index (κ1) is 21.7. The third-order valence-corrected chi connectivity index (χ3v) is 6.75. The third kappa shape index (κ3) is 4.87. The first-order chi connectivity index (χ1) is 14.9. The summed E-state index contributed by atoms with van der Waals surface area (Å²) in [5, 5.41) is 0. The monoisotopic (exact) mass is 427 g/mol. The van der Waals surface area contributed by atoms with Crippen molar-refractivity contribution in [2.45, 2.75) is 58.5 Å². The van der Waals surface area contributed by atoms with E-state index in [9.17, 15) is 14.0 Å². The van der Waals surface area contributed by atoms with Crippen molar-refractivity contribution in [1.29, 1.82) is 0 Å². The van der Waals surface area contributed by atoms with Crippen LogP contribution in [-0.4, -0.2) is 52.2 Å². The molecule has 0 N–H and O–H groups in total. The molecule has 2 aromatic rings. The van der Waals surface area contributed by atoms with Gasteiger partial charge in [0.05, 0.1) is 0 Å². The van der Waals surface area contributed by atoms with Crippen LogP contribution in [0, 0.1) is 18.7 Å². The van der Waals surface area contributed by atoms with E-state index in [4.69, 9.17) is 4.42 Å². The summed E-state index contributed by atoms with van der Waals surface area (Å²) in [4.78, 5) is 33.4. The second kappa shape index (κ2) is 9.30. The number of piperazine rings is 1. The lowest BCUT2D eigenvalue weighted by Crippen LogP contribution is -2.54. The van der Waals surface area contributed by atoms with Crippen LogP contribution >= 0.6 is 0 Å². The van der Waals surface area contributed by atoms with E-state index in [1.165, 1.54) is 18.7 Å². The Balaban J connectivity index is 1.42. The van der Waals surface area contributed by atoms with E-state index >= 15 is 0 Å². The summed E-state index contributed by atoms with van der Waals surface area (Å²) in [5.41, 5.74) is 2.73. The highest BCUT2D eigenvalue weighted by Crippen LogP contribution is 2.28. The average molecular weight is 428 g/mol. The molecule has 31 heavy (non-hydrogen) atoms. The summed E-state index contributed by atoms with van der Waals surface area (Å²) in [6, 6.07) is 3.13. The Morgan fingerprint density at radius 1 is 1.19 bits per heavy atom. The van der Waals surface area contributed by atoms with E-state index in [2.05, 4.69) is 16.8 Å². The van der Waals surface area contributed by atoms with Crippen molar-refractivity contribution >= 4 is 11.7 Å². The Bertz CT molecular complexity index is 938. The molecule has 6 nitrogen and oxygen atoms in total. The van der Waals surface area contributed by atoms with Crippen molar-refractivity contribution in [2.75, 3.05) is 19.6 Å². The predicted molar refractivity (Wildman–Crippen MR) is 114 cm³/mol. The highest BCUT2D eigenvalue weighted by Gasteiger charge is 2.33. The van der Waals surface area contributed by atoms with E-state index in [1.54, 1.807) is 6.07 Å². The van der Waals surface area contributed by atoms with Crippen LogP contribution < -0.4 is 0 Å². The first-order valence-electron chi connectivity index (χ1n) is 11.1. The molecule has 1 aromatic heterocycles. The summed E-state index contributed by atoms with van der Waals surface area (Å²) in [7, 11) is 0. The van der Waals surface area contributed by atoms with Crippen molar-refractivity contribution in [3.8, 4) is 0 Å². The van der Waals surface area contributed by atoms with Crippen LogP contribution in [0.1, 0.15) is 59.8 Å². The number of nitrogens with zero attached hydrogens (tertiary/aromatic N) is 3. The van der Waals surface area contributed by atoms with Gasteiger partial charge in [-0.2, -0.15) is 0 Å². The number of halogens is 1. The smallest absolute Gasteiger partial charge is 0.226 e. The fraction of sp³-hybridized carbons (Fsp3) is 0.542. The number of hydrogen-bond acceptors (Lipinski definition) is 5. The minimum Gasteiger partial charge on any atom is -0.451 e. The molecule has 7 heteroatoms. The van der Waals surface area contributed by atoms with Crippen LogP contribution in [0.5, 0.6) is 0 Å². The van der Waals surface area contributed by atoms with Crippen LogP contribution in [0.3, 0.4) is 0 Å². The summed E-state index contributed by atoms with van der Waals surface area (Å²) in [5.74, 6) is -0.0303. The number of aromatic nitrogens is 1. The highest BCUT2D eigenvalue weighted by molar-refractivity contribution is 5.95. The quantitative estimate of drug-likeness (QED) is 0.657. The topological polar surface area (TPSA) is 66.7 Å². The predicted octanol–water partition coefficient (Wildman–Crippen LogP) is 3.77. The normalized spacial score (nSPS) is 20.4. The zero-order valence-corrected chi connectivity index (χ0v) is 18.3. The molecule has 2 aliphatic rings. The van der Waals surface area contributed by atoms with Gasteiger partial charge in [0.1, 0.15) is 17.8 Å². The largest absolute Gasteiger partial charge is 0.451 e. The molecule has 1 saturated carbocycles. The second-order valence-corrected chi connectivity index (χ2v) is 8.92. The molecule has 0 spiro atoms. The van der Waals surface area contributed by atoms with Crippen molar-refractivity contribution in [3.63, 3.8) is 0 Å². The molecular formula is C24H30FN3O3. The summed E-state index contributed by atoms with van der Waals surface area (Å²) < 4.78 is 19.2. The zero-order valence-electron chi connectivity index (χ0n) is 18.3. The van der Waals surface area contributed by atoms with Gasteiger partial charge < -0.3 is 9.32 Å². The second-order valence-electron chi connectivity index (χ2n) is 8.92. The number of amides is 1. The molecule has 1 saturated heterocycles. The van der Waals surface area contributed by atoms with Crippen molar-refractivity contribution in [1.82, 2.24) is 14.8 Å². The molecule has 1 aromatic carbocycles. The lowest BCUT2D eigenvalue weighted by atomic mass is 9.96. The van der Waals surface area contributed by atoms with Gasteiger partial charge in [0, 0.05) is 44.6 Å². The number of carbonyl (C=O) groups is 2. The Morgan fingerprint density at radius 2 is 1.94 bits per heavy atom. The van der Waals surface area contributed by atoms with E-state index in [1.807, 2.05) is 11.8 Å². The van der Waals surface area contributed by atoms with E-state index < -0.39 is 0 Å². The summed E-state index contributed by atoms with van der Waals surface area (Å²) >= 11 is 0. The number of hydrogen-bond donors (Lipinski definition) is 0. The van der Waals surface area contributed by atoms with Gasteiger partial charge in [-0.05, 0) is 55.5 Å². The third-order valence-electron chi connectivity index (χ3n) is 6.75. The molecule has 0 radical (unpaired) electrons. The SMILES string of the molecule is Cc1c(CC(=O)c2cocn2)cc(F)cc1CN1CCN(C(=O)C2CCCC2)[C@@H](C)C1. The Labute approximate surface area is 182 Å². The van der Waals surface area contributed by atoms with Gasteiger partial charge in [-0.25, -0.2) is 9.37 Å². The molecule has 0 unspecified atom stereocenters. The number of Topliss-reactive ketones (excluding diaryl/α,β-unsaturated/α-hetero) is 1. The maximum atomic E-state index is 14.4. The van der Waals surface area contributed by atoms with E-state index in [0.29, 0.717) is 24.6 Å². The maximum absolute atomic E-state index is 14.4. The maximum Gasteiger partial charge on any atom is 0.226 e. The van der Waals surface area contributed by atoms with Crippen LogP contribution in [0.25, 0.3) is 0 Å². The van der Waals surface area contributed by atoms with E-state index in [0.717, 1.165) is 49.9 Å². The minimum absolute atomic E-state index is 0.0865. The Morgan fingerprint density at radius 3 is 2.61 bits per heavy atom. The molecule has 1 aliphatic heterocycles. The van der Waals surface area contributed by atoms with Crippen LogP contribution in [0.2, 0.25) is 0 Å². The Kier molecular flexibility index (Phi) is 6.51. The van der Waals surface area contributed by atoms with Gasteiger partial charge >= 0.3 is 0 Å². The zero-order chi connectivity index (χ0) is 22.0. The molecule has 166 valence electrons. The molecule has 4 rings (SSSR count). The molecule has 1 aliphatic carbocycles. The molecular weight excluding hydrogens is 397 g/mol. The molecule has 1 amide bonds. The average Bonchev–Trinajstić information content (AvgIpc) is 3.45. The van der Waals surface area contributed by atoms with E-state index in [-0.39, 0.29) is 35.7 Å². The fourth-order valence-corrected chi connectivity index (χ4v) is 4.91. The van der Waals surface area contributed by atoms with Gasteiger partial charge in [-0.1, -0.05) is 12.8 Å². The summed E-state index contributed by atoms with van der Waals surface area (Å²) in [6.07, 6.45) is 6.97. The first-order valence-corrected chi connectivity index (χ1v) is 11.1. The molecule has 0 bridgehead atoms. The number of benzene rings is 1. The minimum atomic E-state index is -0.341. The number of oxazole rings is 1.